The van der Waals surface area contributed by atoms with Crippen LogP contribution < -0.4 is 4.90 Å². The van der Waals surface area contributed by atoms with Crippen molar-refractivity contribution < 1.29 is 5.11 Å². The molecule has 0 saturated carbocycles. The van der Waals surface area contributed by atoms with Gasteiger partial charge in [-0.05, 0) is 37.2 Å². The maximum absolute atomic E-state index is 10.4. The summed E-state index contributed by atoms with van der Waals surface area (Å²) in [6.45, 7) is 5.58. The Kier molecular flexibility index (Phi) is 5.29. The van der Waals surface area contributed by atoms with Gasteiger partial charge in [0.2, 0.25) is 0 Å². The minimum absolute atomic E-state index is 0.154. The van der Waals surface area contributed by atoms with Crippen LogP contribution in [0.2, 0.25) is 0 Å². The van der Waals surface area contributed by atoms with E-state index in [0.717, 1.165) is 50.0 Å². The molecule has 25 heavy (non-hydrogen) atoms. The highest BCUT2D eigenvalue weighted by Crippen LogP contribution is 2.32. The number of hydrogen-bond donors (Lipinski definition) is 2. The second-order valence-electron chi connectivity index (χ2n) is 6.39. The first-order valence-electron chi connectivity index (χ1n) is 8.90. The molecule has 7 heteroatoms. The van der Waals surface area contributed by atoms with Crippen LogP contribution in [-0.2, 0) is 12.8 Å². The van der Waals surface area contributed by atoms with Gasteiger partial charge in [0.1, 0.15) is 23.6 Å². The normalized spacial score (nSPS) is 16.6. The number of imidazole rings is 1. The molecule has 1 atom stereocenters. The quantitative estimate of drug-likeness (QED) is 0.865. The zero-order valence-electron chi connectivity index (χ0n) is 14.7. The van der Waals surface area contributed by atoms with E-state index < -0.39 is 6.10 Å². The molecule has 0 aliphatic carbocycles. The highest BCUT2D eigenvalue weighted by Gasteiger charge is 2.29. The van der Waals surface area contributed by atoms with Crippen molar-refractivity contribution in [3.8, 4) is 6.07 Å². The lowest BCUT2D eigenvalue weighted by Crippen LogP contribution is -2.37. The number of nitriles is 1. The molecule has 7 nitrogen and oxygen atoms in total. The summed E-state index contributed by atoms with van der Waals surface area (Å²) in [5.74, 6) is 1.46. The van der Waals surface area contributed by atoms with Gasteiger partial charge in [-0.2, -0.15) is 10.4 Å². The molecule has 0 spiro atoms. The molecule has 1 aliphatic rings. The SMILES string of the molecule is CCc1nnc(N2CCC([C@@H](O)c3ncc[nH]3)CC2)c(C#N)c1CC. The molecule has 3 rings (SSSR count). The average molecular weight is 340 g/mol. The molecule has 0 radical (unpaired) electrons. The predicted octanol–water partition coefficient (Wildman–Crippen LogP) is 2.15. The highest BCUT2D eigenvalue weighted by atomic mass is 16.3. The Bertz CT molecular complexity index is 744. The molecule has 0 aromatic carbocycles. The first-order valence-corrected chi connectivity index (χ1v) is 8.90. The van der Waals surface area contributed by atoms with Gasteiger partial charge >= 0.3 is 0 Å². The van der Waals surface area contributed by atoms with Gasteiger partial charge in [-0.15, -0.1) is 5.10 Å². The average Bonchev–Trinajstić information content (AvgIpc) is 3.21. The Morgan fingerprint density at radius 2 is 2.08 bits per heavy atom. The molecule has 0 amide bonds. The van der Waals surface area contributed by atoms with Crippen LogP contribution in [-0.4, -0.2) is 38.4 Å². The molecule has 0 bridgehead atoms. The number of H-pyrrole nitrogens is 1. The van der Waals surface area contributed by atoms with Crippen LogP contribution in [0.1, 0.15) is 55.4 Å². The van der Waals surface area contributed by atoms with E-state index in [1.807, 2.05) is 13.8 Å². The zero-order valence-corrected chi connectivity index (χ0v) is 14.7. The summed E-state index contributed by atoms with van der Waals surface area (Å²) in [6, 6.07) is 2.33. The topological polar surface area (TPSA) is 102 Å². The Labute approximate surface area is 147 Å². The maximum Gasteiger partial charge on any atom is 0.169 e. The van der Waals surface area contributed by atoms with Gasteiger partial charge in [-0.1, -0.05) is 13.8 Å². The lowest BCUT2D eigenvalue weighted by molar-refractivity contribution is 0.0856. The van der Waals surface area contributed by atoms with Crippen molar-refractivity contribution in [3.63, 3.8) is 0 Å². The summed E-state index contributed by atoms with van der Waals surface area (Å²) in [7, 11) is 0. The van der Waals surface area contributed by atoms with Crippen molar-refractivity contribution >= 4 is 5.82 Å². The van der Waals surface area contributed by atoms with Gasteiger partial charge in [-0.3, -0.25) is 0 Å². The summed E-state index contributed by atoms with van der Waals surface area (Å²) >= 11 is 0. The van der Waals surface area contributed by atoms with Gasteiger partial charge in [0.15, 0.2) is 5.82 Å². The van der Waals surface area contributed by atoms with Crippen LogP contribution in [0.15, 0.2) is 12.4 Å². The highest BCUT2D eigenvalue weighted by molar-refractivity contribution is 5.58. The molecule has 132 valence electrons. The lowest BCUT2D eigenvalue weighted by atomic mass is 9.90. The summed E-state index contributed by atoms with van der Waals surface area (Å²) in [4.78, 5) is 9.26. The number of aromatic amines is 1. The second-order valence-corrected chi connectivity index (χ2v) is 6.39. The smallest absolute Gasteiger partial charge is 0.169 e. The summed E-state index contributed by atoms with van der Waals surface area (Å²) in [5.41, 5.74) is 2.57. The molecule has 2 aromatic rings. The summed E-state index contributed by atoms with van der Waals surface area (Å²) < 4.78 is 0. The number of aryl methyl sites for hydroxylation is 1. The maximum atomic E-state index is 10.4. The fraction of sp³-hybridized carbons (Fsp3) is 0.556. The van der Waals surface area contributed by atoms with Crippen LogP contribution in [0.4, 0.5) is 5.82 Å². The summed E-state index contributed by atoms with van der Waals surface area (Å²) in [5, 5.41) is 28.8. The Morgan fingerprint density at radius 3 is 2.64 bits per heavy atom. The Hall–Kier alpha value is -2.46. The number of rotatable bonds is 5. The number of aliphatic hydroxyl groups is 1. The number of anilines is 1. The van der Waals surface area contributed by atoms with Crippen molar-refractivity contribution in [1.82, 2.24) is 20.2 Å². The number of aromatic nitrogens is 4. The van der Waals surface area contributed by atoms with Crippen LogP contribution in [0.3, 0.4) is 0 Å². The van der Waals surface area contributed by atoms with Crippen molar-refractivity contribution in [1.29, 1.82) is 5.26 Å². The minimum Gasteiger partial charge on any atom is -0.385 e. The molecule has 2 aromatic heterocycles. The number of aliphatic hydroxyl groups excluding tert-OH is 1. The van der Waals surface area contributed by atoms with Crippen molar-refractivity contribution in [3.05, 3.63) is 35.0 Å². The number of hydrogen-bond acceptors (Lipinski definition) is 6. The van der Waals surface area contributed by atoms with Crippen molar-refractivity contribution in [2.75, 3.05) is 18.0 Å². The van der Waals surface area contributed by atoms with Crippen molar-refractivity contribution in [2.24, 2.45) is 5.92 Å². The summed E-state index contributed by atoms with van der Waals surface area (Å²) in [6.07, 6.45) is 6.02. The van der Waals surface area contributed by atoms with E-state index in [0.29, 0.717) is 17.2 Å². The first-order chi connectivity index (χ1) is 12.2. The fourth-order valence-corrected chi connectivity index (χ4v) is 3.59. The third kappa shape index (κ3) is 3.35. The van der Waals surface area contributed by atoms with Crippen LogP contribution in [0.5, 0.6) is 0 Å². The molecule has 3 heterocycles. The van der Waals surface area contributed by atoms with Gasteiger partial charge in [0, 0.05) is 25.5 Å². The lowest BCUT2D eigenvalue weighted by Gasteiger charge is -2.34. The largest absolute Gasteiger partial charge is 0.385 e. The standard InChI is InChI=1S/C18H24N6O/c1-3-13-14(11-19)18(23-22-15(13)4-2)24-9-5-12(6-10-24)16(25)17-20-7-8-21-17/h7-8,12,16,25H,3-6,9-10H2,1-2H3,(H,20,21)/t16-/m1/s1. The van der Waals surface area contributed by atoms with E-state index in [9.17, 15) is 10.4 Å². The van der Waals surface area contributed by atoms with Crippen LogP contribution >= 0.6 is 0 Å². The number of piperidine rings is 1. The van der Waals surface area contributed by atoms with Gasteiger partial charge in [-0.25, -0.2) is 4.98 Å². The molecule has 1 aliphatic heterocycles. The number of nitrogens with one attached hydrogen (secondary N) is 1. The fourth-order valence-electron chi connectivity index (χ4n) is 3.59. The van der Waals surface area contributed by atoms with Crippen LogP contribution in [0, 0.1) is 17.2 Å². The Morgan fingerprint density at radius 1 is 1.32 bits per heavy atom. The molecular formula is C18H24N6O. The number of nitrogens with zero attached hydrogens (tertiary/aromatic N) is 5. The molecule has 0 unspecified atom stereocenters. The third-order valence-corrected chi connectivity index (χ3v) is 5.02. The molecular weight excluding hydrogens is 316 g/mol. The molecule has 1 fully saturated rings. The van der Waals surface area contributed by atoms with E-state index in [1.165, 1.54) is 0 Å². The minimum atomic E-state index is -0.577. The van der Waals surface area contributed by atoms with E-state index >= 15 is 0 Å². The first kappa shape index (κ1) is 17.4. The van der Waals surface area contributed by atoms with E-state index in [2.05, 4.69) is 31.1 Å². The molecule has 2 N–H and O–H groups in total. The van der Waals surface area contributed by atoms with E-state index in [4.69, 9.17) is 0 Å². The monoisotopic (exact) mass is 340 g/mol. The third-order valence-electron chi connectivity index (χ3n) is 5.02. The van der Waals surface area contributed by atoms with E-state index in [1.54, 1.807) is 12.4 Å². The predicted molar refractivity (Wildman–Crippen MR) is 94.0 cm³/mol. The van der Waals surface area contributed by atoms with Crippen molar-refractivity contribution in [2.45, 2.75) is 45.6 Å². The molecule has 1 saturated heterocycles. The van der Waals surface area contributed by atoms with Crippen LogP contribution in [0.25, 0.3) is 0 Å². The second kappa shape index (κ2) is 7.62. The van der Waals surface area contributed by atoms with Gasteiger partial charge < -0.3 is 15.0 Å². The zero-order chi connectivity index (χ0) is 17.8. The Balaban J connectivity index is 1.76. The van der Waals surface area contributed by atoms with Gasteiger partial charge in [0.05, 0.1) is 5.69 Å². The van der Waals surface area contributed by atoms with E-state index in [-0.39, 0.29) is 5.92 Å². The van der Waals surface area contributed by atoms with Gasteiger partial charge in [0.25, 0.3) is 0 Å².